The monoisotopic (exact) mass is 394 g/mol. The Bertz CT molecular complexity index is 1130. The largest absolute Gasteiger partial charge is 0.497 e. The average Bonchev–Trinajstić information content (AvgIpc) is 3.08. The number of amides is 1. The highest BCUT2D eigenvalue weighted by Gasteiger charge is 2.29. The molecule has 0 saturated carbocycles. The maximum atomic E-state index is 13.0. The Morgan fingerprint density at radius 3 is 2.55 bits per heavy atom. The molecule has 1 heterocycles. The zero-order valence-corrected chi connectivity index (χ0v) is 16.0. The maximum absolute atomic E-state index is 13.0. The summed E-state index contributed by atoms with van der Waals surface area (Å²) in [4.78, 5) is 25.9. The highest BCUT2D eigenvalue weighted by Crippen LogP contribution is 2.17. The number of nitrogens with zero attached hydrogens (tertiary/aromatic N) is 3. The highest BCUT2D eigenvalue weighted by molar-refractivity contribution is 6.01. The number of carbonyl (C=O) groups excluding carboxylic acids is 1. The molecule has 0 bridgehead atoms. The van der Waals surface area contributed by atoms with Crippen LogP contribution in [0.1, 0.15) is 16.9 Å². The fourth-order valence-electron chi connectivity index (χ4n) is 2.80. The van der Waals surface area contributed by atoms with E-state index < -0.39 is 11.5 Å². The number of H-pyrrole nitrogens is 1. The summed E-state index contributed by atoms with van der Waals surface area (Å²) in [5, 5.41) is 14.5. The van der Waals surface area contributed by atoms with Crippen molar-refractivity contribution in [2.75, 3.05) is 19.5 Å². The summed E-state index contributed by atoms with van der Waals surface area (Å²) in [5.74, 6) is 0.539. The highest BCUT2D eigenvalue weighted by atomic mass is 16.5. The third kappa shape index (κ3) is 4.27. The number of nitriles is 1. The van der Waals surface area contributed by atoms with Gasteiger partial charge < -0.3 is 14.8 Å². The van der Waals surface area contributed by atoms with Gasteiger partial charge in [-0.05, 0) is 24.3 Å². The Morgan fingerprint density at radius 1 is 1.17 bits per heavy atom. The van der Waals surface area contributed by atoms with Crippen molar-refractivity contribution >= 4 is 11.6 Å². The van der Waals surface area contributed by atoms with Gasteiger partial charge in [-0.1, -0.05) is 22.0 Å². The van der Waals surface area contributed by atoms with Gasteiger partial charge in [-0.2, -0.15) is 5.26 Å². The average molecular weight is 394 g/mol. The Hall–Kier alpha value is -4.06. The number of aromatic amines is 1. The van der Waals surface area contributed by atoms with Crippen LogP contribution in [-0.2, 0) is 6.54 Å². The number of ether oxygens (including phenoxy) is 2. The van der Waals surface area contributed by atoms with Crippen molar-refractivity contribution in [2.24, 2.45) is 0 Å². The van der Waals surface area contributed by atoms with Gasteiger partial charge >= 0.3 is 17.2 Å². The van der Waals surface area contributed by atoms with Gasteiger partial charge in [-0.25, -0.2) is 4.79 Å². The molecule has 1 aromatic heterocycles. The predicted octanol–water partition coefficient (Wildman–Crippen LogP) is 1.64. The Balaban J connectivity index is 2.01. The number of aromatic nitrogens is 3. The molecule has 0 unspecified atom stereocenters. The first-order chi connectivity index (χ1) is 14.1. The second kappa shape index (κ2) is 8.75. The van der Waals surface area contributed by atoms with Crippen LogP contribution >= 0.6 is 0 Å². The summed E-state index contributed by atoms with van der Waals surface area (Å²) in [6.07, 6.45) is 0.127. The summed E-state index contributed by atoms with van der Waals surface area (Å²) < 4.78 is 12.9. The topological polar surface area (TPSA) is 113 Å². The van der Waals surface area contributed by atoms with E-state index >= 15 is 0 Å². The fourth-order valence-corrected chi connectivity index (χ4v) is 2.80. The molecule has 0 atom stereocenters. The van der Waals surface area contributed by atoms with Crippen LogP contribution in [-0.4, -0.2) is 30.0 Å². The van der Waals surface area contributed by atoms with Crippen LogP contribution in [0.15, 0.2) is 53.3 Å². The van der Waals surface area contributed by atoms with E-state index in [2.05, 4.69) is 10.5 Å². The predicted molar refractivity (Wildman–Crippen MR) is 104 cm³/mol. The number of methoxy groups -OCH3 is 2. The van der Waals surface area contributed by atoms with E-state index in [1.807, 2.05) is 6.07 Å². The van der Waals surface area contributed by atoms with Gasteiger partial charge in [0.05, 0.1) is 26.7 Å². The lowest BCUT2D eigenvalue weighted by Crippen LogP contribution is -2.44. The molecule has 3 rings (SSSR count). The maximum Gasteiger partial charge on any atom is 0.411 e. The molecule has 0 aliphatic carbocycles. The van der Waals surface area contributed by atoms with Crippen LogP contribution < -0.4 is 25.0 Å². The lowest BCUT2D eigenvalue weighted by molar-refractivity contribution is -0.755. The lowest BCUT2D eigenvalue weighted by Gasteiger charge is -2.05. The van der Waals surface area contributed by atoms with E-state index in [9.17, 15) is 9.59 Å². The first-order valence-corrected chi connectivity index (χ1v) is 8.79. The number of hydrogen-bond donors (Lipinski definition) is 2. The number of rotatable bonds is 7. The van der Waals surface area contributed by atoms with Gasteiger partial charge in [0.1, 0.15) is 18.0 Å². The molecule has 1 amide bonds. The minimum Gasteiger partial charge on any atom is -0.497 e. The second-order valence-electron chi connectivity index (χ2n) is 6.04. The Labute approximate surface area is 166 Å². The van der Waals surface area contributed by atoms with Crippen LogP contribution in [0.5, 0.6) is 11.5 Å². The van der Waals surface area contributed by atoms with Gasteiger partial charge in [-0.3, -0.25) is 4.79 Å². The number of aryl methyl sites for hydroxylation is 1. The van der Waals surface area contributed by atoms with Crippen LogP contribution in [0.4, 0.5) is 5.69 Å². The van der Waals surface area contributed by atoms with Gasteiger partial charge in [0.2, 0.25) is 0 Å². The number of hydrogen-bond acceptors (Lipinski definition) is 5. The SMILES string of the molecule is COc1cccc(NC(=O)c2c(=O)n(-c3cccc(OC)c3)[nH][n+]2CCC#N)c1. The molecule has 148 valence electrons. The first kappa shape index (κ1) is 19.7. The number of benzene rings is 2. The molecule has 0 fully saturated rings. The van der Waals surface area contributed by atoms with Crippen LogP contribution in [0.2, 0.25) is 0 Å². The minimum atomic E-state index is -0.598. The van der Waals surface area contributed by atoms with E-state index in [1.54, 1.807) is 48.5 Å². The van der Waals surface area contributed by atoms with E-state index in [0.29, 0.717) is 22.9 Å². The van der Waals surface area contributed by atoms with Crippen LogP contribution in [0.3, 0.4) is 0 Å². The summed E-state index contributed by atoms with van der Waals surface area (Å²) >= 11 is 0. The Kier molecular flexibility index (Phi) is 5.94. The molecule has 2 N–H and O–H groups in total. The van der Waals surface area contributed by atoms with E-state index in [-0.39, 0.29) is 18.7 Å². The normalized spacial score (nSPS) is 10.2. The second-order valence-corrected chi connectivity index (χ2v) is 6.04. The standard InChI is InChI=1S/C20H19N5O4/c1-28-16-8-3-6-14(12-16)22-19(26)18-20(27)25(23-24(18)11-5-10-21)15-7-4-9-17(13-15)29-2/h3-4,6-9,12-13H,5,11H2,1-2H3,(H-,22,23,26,27)/p+1. The smallest absolute Gasteiger partial charge is 0.411 e. The zero-order chi connectivity index (χ0) is 20.8. The third-order valence-corrected chi connectivity index (χ3v) is 4.20. The number of nitrogens with one attached hydrogen (secondary N) is 2. The lowest BCUT2D eigenvalue weighted by atomic mass is 10.3. The molecule has 2 aromatic carbocycles. The van der Waals surface area contributed by atoms with Crippen LogP contribution in [0.25, 0.3) is 5.69 Å². The zero-order valence-electron chi connectivity index (χ0n) is 16.0. The first-order valence-electron chi connectivity index (χ1n) is 8.79. The minimum absolute atomic E-state index is 0.120. The van der Waals surface area contributed by atoms with Crippen molar-refractivity contribution < 1.29 is 19.0 Å². The quantitative estimate of drug-likeness (QED) is 0.592. The molecule has 9 nitrogen and oxygen atoms in total. The molecular formula is C20H20N5O4+. The molecule has 0 aliphatic heterocycles. The van der Waals surface area contributed by atoms with Gasteiger partial charge in [-0.15, -0.1) is 4.68 Å². The summed E-state index contributed by atoms with van der Waals surface area (Å²) in [6.45, 7) is 0.156. The van der Waals surface area contributed by atoms with Crippen molar-refractivity contribution in [1.29, 1.82) is 5.26 Å². The van der Waals surface area contributed by atoms with Crippen molar-refractivity contribution in [3.63, 3.8) is 0 Å². The van der Waals surface area contributed by atoms with Crippen LogP contribution in [0, 0.1) is 11.3 Å². The molecule has 0 saturated heterocycles. The van der Waals surface area contributed by atoms with E-state index in [0.717, 1.165) is 0 Å². The summed E-state index contributed by atoms with van der Waals surface area (Å²) in [6, 6.07) is 15.7. The molecule has 0 spiro atoms. The molecule has 0 radical (unpaired) electrons. The molecule has 29 heavy (non-hydrogen) atoms. The molecule has 3 aromatic rings. The van der Waals surface area contributed by atoms with Gasteiger partial charge in [0.25, 0.3) is 0 Å². The van der Waals surface area contributed by atoms with E-state index in [1.165, 1.54) is 23.6 Å². The molecule has 0 aliphatic rings. The van der Waals surface area contributed by atoms with Gasteiger partial charge in [0, 0.05) is 17.8 Å². The number of carbonyl (C=O) groups is 1. The molecular weight excluding hydrogens is 374 g/mol. The van der Waals surface area contributed by atoms with Gasteiger partial charge in [0.15, 0.2) is 5.69 Å². The Morgan fingerprint density at radius 2 is 1.86 bits per heavy atom. The van der Waals surface area contributed by atoms with Crippen molar-refractivity contribution in [3.8, 4) is 23.3 Å². The number of anilines is 1. The van der Waals surface area contributed by atoms with Crippen molar-refractivity contribution in [3.05, 3.63) is 64.6 Å². The summed E-state index contributed by atoms with van der Waals surface area (Å²) in [5.41, 5.74) is 0.317. The van der Waals surface area contributed by atoms with Crippen molar-refractivity contribution in [1.82, 2.24) is 9.90 Å². The molecule has 9 heteroatoms. The van der Waals surface area contributed by atoms with Crippen molar-refractivity contribution in [2.45, 2.75) is 13.0 Å². The third-order valence-electron chi connectivity index (χ3n) is 4.20. The summed E-state index contributed by atoms with van der Waals surface area (Å²) in [7, 11) is 3.05. The van der Waals surface area contributed by atoms with E-state index in [4.69, 9.17) is 14.7 Å². The fraction of sp³-hybridized carbons (Fsp3) is 0.200.